The van der Waals surface area contributed by atoms with Crippen molar-refractivity contribution in [3.8, 4) is 0 Å². The van der Waals surface area contributed by atoms with Gasteiger partial charge in [-0.05, 0) is 55.3 Å². The van der Waals surface area contributed by atoms with Crippen LogP contribution >= 0.6 is 0 Å². The zero-order valence-electron chi connectivity index (χ0n) is 14.1. The Kier molecular flexibility index (Phi) is 4.72. The van der Waals surface area contributed by atoms with Gasteiger partial charge < -0.3 is 10.3 Å². The zero-order chi connectivity index (χ0) is 15.6. The van der Waals surface area contributed by atoms with E-state index in [1.54, 1.807) is 0 Å². The van der Waals surface area contributed by atoms with Gasteiger partial charge in [0, 0.05) is 13.5 Å². The molecule has 1 aromatic heterocycles. The van der Waals surface area contributed by atoms with Crippen molar-refractivity contribution in [1.82, 2.24) is 9.55 Å². The Bertz CT molecular complexity index is 605. The van der Waals surface area contributed by atoms with Crippen molar-refractivity contribution in [3.05, 3.63) is 29.6 Å². The number of imidazole rings is 1. The van der Waals surface area contributed by atoms with Gasteiger partial charge in [0.2, 0.25) is 0 Å². The molecule has 0 bridgehead atoms. The van der Waals surface area contributed by atoms with Crippen LogP contribution in [0.25, 0.3) is 11.0 Å². The van der Waals surface area contributed by atoms with Crippen molar-refractivity contribution in [2.45, 2.75) is 47.0 Å². The van der Waals surface area contributed by atoms with Crippen LogP contribution in [-0.2, 0) is 13.5 Å². The van der Waals surface area contributed by atoms with E-state index in [0.29, 0.717) is 11.3 Å². The highest BCUT2D eigenvalue weighted by Crippen LogP contribution is 2.32. The lowest BCUT2D eigenvalue weighted by Crippen LogP contribution is -2.24. The van der Waals surface area contributed by atoms with Crippen molar-refractivity contribution >= 4 is 11.0 Å². The molecule has 21 heavy (non-hydrogen) atoms. The Morgan fingerprint density at radius 3 is 2.57 bits per heavy atom. The van der Waals surface area contributed by atoms with Gasteiger partial charge in [-0.15, -0.1) is 0 Å². The Balaban J connectivity index is 2.17. The monoisotopic (exact) mass is 287 g/mol. The quantitative estimate of drug-likeness (QED) is 0.908. The number of benzene rings is 1. The van der Waals surface area contributed by atoms with E-state index in [-0.39, 0.29) is 0 Å². The summed E-state index contributed by atoms with van der Waals surface area (Å²) >= 11 is 0. The van der Waals surface area contributed by atoms with Crippen molar-refractivity contribution in [1.29, 1.82) is 0 Å². The van der Waals surface area contributed by atoms with Crippen LogP contribution in [0.2, 0.25) is 0 Å². The molecule has 2 N–H and O–H groups in total. The van der Waals surface area contributed by atoms with Gasteiger partial charge in [-0.25, -0.2) is 4.98 Å². The molecular formula is C18H29N3. The van der Waals surface area contributed by atoms with Crippen LogP contribution in [0.3, 0.4) is 0 Å². The molecule has 1 aromatic carbocycles. The van der Waals surface area contributed by atoms with Crippen molar-refractivity contribution < 1.29 is 0 Å². The van der Waals surface area contributed by atoms with E-state index in [0.717, 1.165) is 31.3 Å². The minimum Gasteiger partial charge on any atom is -0.331 e. The van der Waals surface area contributed by atoms with E-state index in [4.69, 9.17) is 10.7 Å². The topological polar surface area (TPSA) is 43.8 Å². The molecule has 0 aliphatic rings. The first kappa shape index (κ1) is 16.0. The number of aryl methyl sites for hydroxylation is 3. The summed E-state index contributed by atoms with van der Waals surface area (Å²) in [5.74, 6) is 1.82. The van der Waals surface area contributed by atoms with Gasteiger partial charge >= 0.3 is 0 Å². The number of nitrogens with zero attached hydrogens (tertiary/aromatic N) is 2. The van der Waals surface area contributed by atoms with Crippen LogP contribution in [0.1, 0.15) is 45.0 Å². The third-order valence-corrected chi connectivity index (χ3v) is 4.59. The van der Waals surface area contributed by atoms with Crippen LogP contribution in [-0.4, -0.2) is 16.1 Å². The predicted molar refractivity (Wildman–Crippen MR) is 90.4 cm³/mol. The van der Waals surface area contributed by atoms with Gasteiger partial charge in [0.05, 0.1) is 11.0 Å². The SMILES string of the molecule is Cc1ccc2c(c1)nc(CCC(CCN)C(C)(C)C)n2C. The molecule has 0 aliphatic carbocycles. The number of fused-ring (bicyclic) bond motifs is 1. The fraction of sp³-hybridized carbons (Fsp3) is 0.611. The van der Waals surface area contributed by atoms with Crippen LogP contribution < -0.4 is 5.73 Å². The van der Waals surface area contributed by atoms with Gasteiger partial charge in [-0.1, -0.05) is 26.8 Å². The number of rotatable bonds is 5. The van der Waals surface area contributed by atoms with Crippen molar-refractivity contribution in [3.63, 3.8) is 0 Å². The van der Waals surface area contributed by atoms with E-state index in [1.807, 2.05) is 0 Å². The molecule has 0 aliphatic heterocycles. The number of hydrogen-bond donors (Lipinski definition) is 1. The highest BCUT2D eigenvalue weighted by molar-refractivity contribution is 5.76. The van der Waals surface area contributed by atoms with Crippen molar-refractivity contribution in [2.75, 3.05) is 6.54 Å². The molecule has 3 heteroatoms. The van der Waals surface area contributed by atoms with Gasteiger partial charge in [0.1, 0.15) is 5.82 Å². The third kappa shape index (κ3) is 3.65. The highest BCUT2D eigenvalue weighted by atomic mass is 15.1. The molecule has 2 rings (SSSR count). The fourth-order valence-electron chi connectivity index (χ4n) is 3.10. The Morgan fingerprint density at radius 2 is 1.95 bits per heavy atom. The number of hydrogen-bond acceptors (Lipinski definition) is 2. The molecule has 0 saturated carbocycles. The first-order valence-corrected chi connectivity index (χ1v) is 7.95. The number of aromatic nitrogens is 2. The summed E-state index contributed by atoms with van der Waals surface area (Å²) in [7, 11) is 2.12. The lowest BCUT2D eigenvalue weighted by molar-refractivity contribution is 0.213. The molecule has 1 unspecified atom stereocenters. The predicted octanol–water partition coefficient (Wildman–Crippen LogP) is 3.83. The molecule has 2 aromatic rings. The maximum atomic E-state index is 5.78. The molecule has 0 saturated heterocycles. The van der Waals surface area contributed by atoms with E-state index in [2.05, 4.69) is 57.5 Å². The summed E-state index contributed by atoms with van der Waals surface area (Å²) in [5.41, 5.74) is 9.69. The van der Waals surface area contributed by atoms with Crippen LogP contribution in [0, 0.1) is 18.3 Å². The summed E-state index contributed by atoms with van der Waals surface area (Å²) in [5, 5.41) is 0. The Labute approximate surface area is 128 Å². The Hall–Kier alpha value is -1.35. The molecule has 1 atom stereocenters. The second-order valence-corrected chi connectivity index (χ2v) is 7.26. The van der Waals surface area contributed by atoms with Crippen LogP contribution in [0.5, 0.6) is 0 Å². The first-order valence-electron chi connectivity index (χ1n) is 7.95. The third-order valence-electron chi connectivity index (χ3n) is 4.59. The molecule has 116 valence electrons. The maximum absolute atomic E-state index is 5.78. The standard InChI is InChI=1S/C18H29N3/c1-13-6-8-16-15(12-13)20-17(21(16)5)9-7-14(10-11-19)18(2,3)4/h6,8,12,14H,7,9-11,19H2,1-5H3. The summed E-state index contributed by atoms with van der Waals surface area (Å²) in [6.45, 7) is 9.82. The summed E-state index contributed by atoms with van der Waals surface area (Å²) in [4.78, 5) is 4.82. The molecule has 0 spiro atoms. The first-order chi connectivity index (χ1) is 9.82. The molecule has 1 heterocycles. The fourth-order valence-corrected chi connectivity index (χ4v) is 3.10. The van der Waals surface area contributed by atoms with Crippen LogP contribution in [0.4, 0.5) is 0 Å². The normalized spacial score (nSPS) is 13.8. The highest BCUT2D eigenvalue weighted by Gasteiger charge is 2.24. The average molecular weight is 287 g/mol. The minimum absolute atomic E-state index is 0.306. The smallest absolute Gasteiger partial charge is 0.109 e. The van der Waals surface area contributed by atoms with E-state index in [9.17, 15) is 0 Å². The van der Waals surface area contributed by atoms with Gasteiger partial charge in [-0.3, -0.25) is 0 Å². The van der Waals surface area contributed by atoms with E-state index in [1.165, 1.54) is 16.9 Å². The average Bonchev–Trinajstić information content (AvgIpc) is 2.69. The lowest BCUT2D eigenvalue weighted by Gasteiger charge is -2.30. The van der Waals surface area contributed by atoms with Gasteiger partial charge in [0.25, 0.3) is 0 Å². The largest absolute Gasteiger partial charge is 0.331 e. The van der Waals surface area contributed by atoms with E-state index >= 15 is 0 Å². The van der Waals surface area contributed by atoms with Crippen molar-refractivity contribution in [2.24, 2.45) is 24.1 Å². The summed E-state index contributed by atoms with van der Waals surface area (Å²) in [6.07, 6.45) is 3.26. The molecule has 0 amide bonds. The Morgan fingerprint density at radius 1 is 1.24 bits per heavy atom. The summed E-state index contributed by atoms with van der Waals surface area (Å²) < 4.78 is 2.23. The van der Waals surface area contributed by atoms with Crippen LogP contribution in [0.15, 0.2) is 18.2 Å². The second kappa shape index (κ2) is 6.18. The maximum Gasteiger partial charge on any atom is 0.109 e. The minimum atomic E-state index is 0.306. The zero-order valence-corrected chi connectivity index (χ0v) is 14.1. The van der Waals surface area contributed by atoms with Gasteiger partial charge in [-0.2, -0.15) is 0 Å². The molecular weight excluding hydrogens is 258 g/mol. The number of nitrogens with two attached hydrogens (primary N) is 1. The van der Waals surface area contributed by atoms with Gasteiger partial charge in [0.15, 0.2) is 0 Å². The molecule has 0 fully saturated rings. The van der Waals surface area contributed by atoms with E-state index < -0.39 is 0 Å². The summed E-state index contributed by atoms with van der Waals surface area (Å²) in [6, 6.07) is 6.49. The molecule has 0 radical (unpaired) electrons. The second-order valence-electron chi connectivity index (χ2n) is 7.26. The lowest BCUT2D eigenvalue weighted by atomic mass is 9.76. The molecule has 3 nitrogen and oxygen atoms in total.